The molecule has 5 heteroatoms. The van der Waals surface area contributed by atoms with E-state index < -0.39 is 0 Å². The molecule has 1 N–H and O–H groups in total. The van der Waals surface area contributed by atoms with Crippen LogP contribution in [0, 0.1) is 6.92 Å². The summed E-state index contributed by atoms with van der Waals surface area (Å²) in [5.41, 5.74) is 2.56. The molecule has 0 saturated carbocycles. The van der Waals surface area contributed by atoms with Crippen LogP contribution in [-0.4, -0.2) is 61.6 Å². The van der Waals surface area contributed by atoms with Crippen LogP contribution in [0.25, 0.3) is 0 Å². The first kappa shape index (κ1) is 21.3. The molecule has 0 radical (unpaired) electrons. The predicted molar refractivity (Wildman–Crippen MR) is 117 cm³/mol. The molecule has 0 atom stereocenters. The van der Waals surface area contributed by atoms with Gasteiger partial charge in [0.25, 0.3) is 0 Å². The van der Waals surface area contributed by atoms with Crippen molar-refractivity contribution in [3.8, 4) is 5.75 Å². The van der Waals surface area contributed by atoms with Gasteiger partial charge in [-0.15, -0.1) is 0 Å². The fourth-order valence-electron chi connectivity index (χ4n) is 3.58. The molecule has 0 aliphatic carbocycles. The summed E-state index contributed by atoms with van der Waals surface area (Å²) < 4.78 is 5.70. The highest BCUT2D eigenvalue weighted by Gasteiger charge is 2.16. The highest BCUT2D eigenvalue weighted by molar-refractivity contribution is 5.75. The third-order valence-electron chi connectivity index (χ3n) is 5.27. The van der Waals surface area contributed by atoms with Gasteiger partial charge in [0.05, 0.1) is 6.61 Å². The first-order valence-corrected chi connectivity index (χ1v) is 10.6. The van der Waals surface area contributed by atoms with Crippen molar-refractivity contribution in [2.75, 3.05) is 45.9 Å². The quantitative estimate of drug-likeness (QED) is 0.628. The third kappa shape index (κ3) is 7.87. The zero-order chi connectivity index (χ0) is 20.3. The number of benzene rings is 2. The summed E-state index contributed by atoms with van der Waals surface area (Å²) in [6.45, 7) is 9.57. The number of nitrogens with zero attached hydrogens (tertiary/aromatic N) is 2. The molecule has 2 aromatic rings. The van der Waals surface area contributed by atoms with Crippen LogP contribution in [-0.2, 0) is 11.3 Å². The minimum absolute atomic E-state index is 0.112. The van der Waals surface area contributed by atoms with E-state index in [2.05, 4.69) is 45.4 Å². The van der Waals surface area contributed by atoms with E-state index in [0.29, 0.717) is 13.0 Å². The number of carbonyl (C=O) groups is 1. The number of ether oxygens (including phenoxy) is 1. The van der Waals surface area contributed by atoms with Crippen LogP contribution >= 0.6 is 0 Å². The van der Waals surface area contributed by atoms with Crippen molar-refractivity contribution >= 4 is 5.91 Å². The van der Waals surface area contributed by atoms with Gasteiger partial charge in [0.15, 0.2) is 0 Å². The van der Waals surface area contributed by atoms with Gasteiger partial charge in [-0.3, -0.25) is 14.6 Å². The lowest BCUT2D eigenvalue weighted by Gasteiger charge is -2.34. The normalized spacial score (nSPS) is 15.2. The Balaban J connectivity index is 1.22. The monoisotopic (exact) mass is 395 g/mol. The summed E-state index contributed by atoms with van der Waals surface area (Å²) in [6, 6.07) is 18.6. The minimum atomic E-state index is 0.112. The molecule has 2 aromatic carbocycles. The van der Waals surface area contributed by atoms with E-state index in [4.69, 9.17) is 4.74 Å². The SMILES string of the molecule is Cc1cccc(OCCCC(=O)NCCN2CCN(Cc3ccccc3)CC2)c1. The second kappa shape index (κ2) is 11.6. The Hall–Kier alpha value is -2.37. The summed E-state index contributed by atoms with van der Waals surface area (Å²) in [6.07, 6.45) is 1.24. The molecule has 0 spiro atoms. The van der Waals surface area contributed by atoms with E-state index in [9.17, 15) is 4.79 Å². The molecule has 1 aliphatic heterocycles. The van der Waals surface area contributed by atoms with Gasteiger partial charge in [0, 0.05) is 52.2 Å². The van der Waals surface area contributed by atoms with Crippen molar-refractivity contribution < 1.29 is 9.53 Å². The summed E-state index contributed by atoms with van der Waals surface area (Å²) in [7, 11) is 0. The van der Waals surface area contributed by atoms with Crippen molar-refractivity contribution in [2.24, 2.45) is 0 Å². The molecule has 0 aromatic heterocycles. The second-order valence-corrected chi connectivity index (χ2v) is 7.72. The topological polar surface area (TPSA) is 44.8 Å². The summed E-state index contributed by atoms with van der Waals surface area (Å²) in [5, 5.41) is 3.04. The molecule has 156 valence electrons. The standard InChI is InChI=1S/C24H33N3O2/c1-21-7-5-10-23(19-21)29-18-6-11-24(28)25-12-13-26-14-16-27(17-15-26)20-22-8-3-2-4-9-22/h2-5,7-10,19H,6,11-18,20H2,1H3,(H,25,28). The van der Waals surface area contributed by atoms with Crippen molar-refractivity contribution in [3.63, 3.8) is 0 Å². The number of rotatable bonds is 10. The highest BCUT2D eigenvalue weighted by atomic mass is 16.5. The maximum Gasteiger partial charge on any atom is 0.220 e. The van der Waals surface area contributed by atoms with E-state index in [1.165, 1.54) is 11.1 Å². The molecule has 1 aliphatic rings. The Labute approximate surface area is 174 Å². The molecule has 29 heavy (non-hydrogen) atoms. The highest BCUT2D eigenvalue weighted by Crippen LogP contribution is 2.12. The third-order valence-corrected chi connectivity index (χ3v) is 5.27. The van der Waals surface area contributed by atoms with Crippen LogP contribution in [0.5, 0.6) is 5.75 Å². The lowest BCUT2D eigenvalue weighted by molar-refractivity contribution is -0.121. The Morgan fingerprint density at radius 3 is 2.52 bits per heavy atom. The Morgan fingerprint density at radius 1 is 1.00 bits per heavy atom. The van der Waals surface area contributed by atoms with Crippen LogP contribution in [0.2, 0.25) is 0 Å². The number of hydrogen-bond donors (Lipinski definition) is 1. The Bertz CT molecular complexity index is 743. The van der Waals surface area contributed by atoms with E-state index in [1.54, 1.807) is 0 Å². The Morgan fingerprint density at radius 2 is 1.76 bits per heavy atom. The van der Waals surface area contributed by atoms with E-state index in [1.807, 2.05) is 31.2 Å². The molecule has 3 rings (SSSR count). The maximum absolute atomic E-state index is 12.0. The van der Waals surface area contributed by atoms with Gasteiger partial charge in [0.2, 0.25) is 5.91 Å². The first-order valence-electron chi connectivity index (χ1n) is 10.6. The number of piperazine rings is 1. The van der Waals surface area contributed by atoms with Gasteiger partial charge in [-0.05, 0) is 36.6 Å². The van der Waals surface area contributed by atoms with Gasteiger partial charge in [-0.1, -0.05) is 42.5 Å². The van der Waals surface area contributed by atoms with Crippen LogP contribution in [0.4, 0.5) is 0 Å². The fourth-order valence-corrected chi connectivity index (χ4v) is 3.58. The molecule has 1 fully saturated rings. The average molecular weight is 396 g/mol. The summed E-state index contributed by atoms with van der Waals surface area (Å²) in [5.74, 6) is 0.984. The van der Waals surface area contributed by atoms with Gasteiger partial charge < -0.3 is 10.1 Å². The molecule has 1 heterocycles. The van der Waals surface area contributed by atoms with Crippen LogP contribution in [0.15, 0.2) is 54.6 Å². The van der Waals surface area contributed by atoms with Crippen molar-refractivity contribution in [2.45, 2.75) is 26.3 Å². The Kier molecular flexibility index (Phi) is 8.53. The number of hydrogen-bond acceptors (Lipinski definition) is 4. The van der Waals surface area contributed by atoms with E-state index in [-0.39, 0.29) is 5.91 Å². The minimum Gasteiger partial charge on any atom is -0.494 e. The van der Waals surface area contributed by atoms with E-state index >= 15 is 0 Å². The summed E-state index contributed by atoms with van der Waals surface area (Å²) in [4.78, 5) is 16.9. The van der Waals surface area contributed by atoms with Gasteiger partial charge in [0.1, 0.15) is 5.75 Å². The van der Waals surface area contributed by atoms with Crippen molar-refractivity contribution in [1.29, 1.82) is 0 Å². The molecular formula is C24H33N3O2. The molecular weight excluding hydrogens is 362 g/mol. The summed E-state index contributed by atoms with van der Waals surface area (Å²) >= 11 is 0. The molecule has 1 amide bonds. The average Bonchev–Trinajstić information content (AvgIpc) is 2.73. The van der Waals surface area contributed by atoms with Crippen LogP contribution in [0.1, 0.15) is 24.0 Å². The zero-order valence-corrected chi connectivity index (χ0v) is 17.5. The molecule has 0 bridgehead atoms. The first-order chi connectivity index (χ1) is 14.2. The van der Waals surface area contributed by atoms with Crippen LogP contribution < -0.4 is 10.1 Å². The van der Waals surface area contributed by atoms with Crippen LogP contribution in [0.3, 0.4) is 0 Å². The van der Waals surface area contributed by atoms with Gasteiger partial charge in [-0.25, -0.2) is 0 Å². The molecule has 0 unspecified atom stereocenters. The van der Waals surface area contributed by atoms with Gasteiger partial charge in [-0.2, -0.15) is 0 Å². The number of carbonyl (C=O) groups excluding carboxylic acids is 1. The number of nitrogens with one attached hydrogen (secondary N) is 1. The number of aryl methyl sites for hydroxylation is 1. The van der Waals surface area contributed by atoms with Crippen molar-refractivity contribution in [1.82, 2.24) is 15.1 Å². The van der Waals surface area contributed by atoms with Gasteiger partial charge >= 0.3 is 0 Å². The lowest BCUT2D eigenvalue weighted by atomic mass is 10.2. The molecule has 5 nitrogen and oxygen atoms in total. The second-order valence-electron chi connectivity index (χ2n) is 7.72. The lowest BCUT2D eigenvalue weighted by Crippen LogP contribution is -2.48. The van der Waals surface area contributed by atoms with Crippen molar-refractivity contribution in [3.05, 3.63) is 65.7 Å². The zero-order valence-electron chi connectivity index (χ0n) is 17.5. The predicted octanol–water partition coefficient (Wildman–Crippen LogP) is 3.09. The molecule has 1 saturated heterocycles. The largest absolute Gasteiger partial charge is 0.494 e. The van der Waals surface area contributed by atoms with E-state index in [0.717, 1.165) is 58.0 Å². The maximum atomic E-state index is 12.0. The fraction of sp³-hybridized carbons (Fsp3) is 0.458. The smallest absolute Gasteiger partial charge is 0.220 e. The number of amides is 1.